The molecule has 8 heteroatoms. The van der Waals surface area contributed by atoms with Gasteiger partial charge in [-0.05, 0) is 38.2 Å². The van der Waals surface area contributed by atoms with Crippen LogP contribution >= 0.6 is 11.8 Å². The van der Waals surface area contributed by atoms with Crippen molar-refractivity contribution in [2.45, 2.75) is 44.4 Å². The lowest BCUT2D eigenvalue weighted by atomic mass is 10.1. The second-order valence-electron chi connectivity index (χ2n) is 6.60. The molecule has 1 aromatic rings. The highest BCUT2D eigenvalue weighted by Gasteiger charge is 2.24. The van der Waals surface area contributed by atoms with Crippen molar-refractivity contribution < 1.29 is 13.9 Å². The standard InChI is InChI=1S/C19H32N4O3S/c1-4-25-19(24)23-11-8-16(9-12-23)22-18(21-14-15(2)27-3)20-10-7-17-6-5-13-26-17/h5-6,13,15-16H,4,7-12,14H2,1-3H3,(H2,20,21,22). The van der Waals surface area contributed by atoms with Crippen LogP contribution in [0.3, 0.4) is 0 Å². The van der Waals surface area contributed by atoms with Crippen molar-refractivity contribution in [2.24, 2.45) is 4.99 Å². The summed E-state index contributed by atoms with van der Waals surface area (Å²) >= 11 is 1.81. The molecule has 0 bridgehead atoms. The highest BCUT2D eigenvalue weighted by Crippen LogP contribution is 2.12. The average molecular weight is 397 g/mol. The van der Waals surface area contributed by atoms with Gasteiger partial charge in [0.1, 0.15) is 5.76 Å². The highest BCUT2D eigenvalue weighted by molar-refractivity contribution is 7.99. The molecule has 0 aromatic carbocycles. The number of aliphatic imine (C=N–C) groups is 1. The van der Waals surface area contributed by atoms with E-state index in [9.17, 15) is 4.79 Å². The number of nitrogens with zero attached hydrogens (tertiary/aromatic N) is 2. The summed E-state index contributed by atoms with van der Waals surface area (Å²) in [5, 5.41) is 7.40. The van der Waals surface area contributed by atoms with Gasteiger partial charge in [0.15, 0.2) is 5.96 Å². The smallest absolute Gasteiger partial charge is 0.409 e. The molecular formula is C19H32N4O3S. The van der Waals surface area contributed by atoms with Gasteiger partial charge in [-0.3, -0.25) is 4.99 Å². The number of hydrogen-bond donors (Lipinski definition) is 2. The maximum Gasteiger partial charge on any atom is 0.409 e. The van der Waals surface area contributed by atoms with Crippen LogP contribution in [0.25, 0.3) is 0 Å². The topological polar surface area (TPSA) is 79.1 Å². The summed E-state index contributed by atoms with van der Waals surface area (Å²) in [5.41, 5.74) is 0. The van der Waals surface area contributed by atoms with Gasteiger partial charge in [-0.1, -0.05) is 6.92 Å². The molecule has 2 heterocycles. The van der Waals surface area contributed by atoms with E-state index in [-0.39, 0.29) is 6.09 Å². The summed E-state index contributed by atoms with van der Waals surface area (Å²) < 4.78 is 10.5. The van der Waals surface area contributed by atoms with Crippen molar-refractivity contribution in [2.75, 3.05) is 39.0 Å². The molecular weight excluding hydrogens is 364 g/mol. The first-order valence-electron chi connectivity index (χ1n) is 9.64. The third-order valence-electron chi connectivity index (χ3n) is 4.51. The number of piperidine rings is 1. The largest absolute Gasteiger partial charge is 0.469 e. The average Bonchev–Trinajstić information content (AvgIpc) is 3.20. The number of hydrogen-bond acceptors (Lipinski definition) is 5. The van der Waals surface area contributed by atoms with Crippen LogP contribution in [0.2, 0.25) is 0 Å². The number of nitrogens with one attached hydrogen (secondary N) is 2. The molecule has 1 saturated heterocycles. The monoisotopic (exact) mass is 396 g/mol. The van der Waals surface area contributed by atoms with Gasteiger partial charge in [-0.2, -0.15) is 11.8 Å². The number of rotatable bonds is 8. The highest BCUT2D eigenvalue weighted by atomic mass is 32.2. The van der Waals surface area contributed by atoms with Crippen molar-refractivity contribution in [3.8, 4) is 0 Å². The van der Waals surface area contributed by atoms with Gasteiger partial charge < -0.3 is 24.7 Å². The van der Waals surface area contributed by atoms with Gasteiger partial charge in [0.2, 0.25) is 0 Å². The van der Waals surface area contributed by atoms with E-state index in [4.69, 9.17) is 14.1 Å². The second kappa shape index (κ2) is 11.8. The summed E-state index contributed by atoms with van der Waals surface area (Å²) in [6.45, 7) is 7.36. The Labute approximate surface area is 166 Å². The van der Waals surface area contributed by atoms with Crippen LogP contribution in [0.4, 0.5) is 4.79 Å². The zero-order valence-corrected chi connectivity index (χ0v) is 17.4. The Morgan fingerprint density at radius 1 is 1.48 bits per heavy atom. The van der Waals surface area contributed by atoms with Crippen molar-refractivity contribution in [3.63, 3.8) is 0 Å². The number of likely N-dealkylation sites (tertiary alicyclic amines) is 1. The zero-order valence-electron chi connectivity index (χ0n) is 16.6. The van der Waals surface area contributed by atoms with E-state index in [1.54, 1.807) is 11.2 Å². The molecule has 1 fully saturated rings. The molecule has 0 radical (unpaired) electrons. The van der Waals surface area contributed by atoms with Crippen molar-refractivity contribution in [1.82, 2.24) is 15.5 Å². The molecule has 152 valence electrons. The first-order chi connectivity index (χ1) is 13.1. The van der Waals surface area contributed by atoms with Crippen LogP contribution in [-0.4, -0.2) is 67.3 Å². The first-order valence-corrected chi connectivity index (χ1v) is 10.9. The molecule has 27 heavy (non-hydrogen) atoms. The summed E-state index contributed by atoms with van der Waals surface area (Å²) in [6.07, 6.45) is 6.16. The predicted octanol–water partition coefficient (Wildman–Crippen LogP) is 2.73. The second-order valence-corrected chi connectivity index (χ2v) is 7.87. The SMILES string of the molecule is CCOC(=O)N1CCC(NC(=NCC(C)SC)NCCc2ccco2)CC1. The first kappa shape index (κ1) is 21.5. The molecule has 0 aliphatic carbocycles. The molecule has 2 N–H and O–H groups in total. The van der Waals surface area contributed by atoms with Crippen LogP contribution in [0.1, 0.15) is 32.4 Å². The van der Waals surface area contributed by atoms with E-state index >= 15 is 0 Å². The summed E-state index contributed by atoms with van der Waals surface area (Å²) in [6, 6.07) is 4.18. The number of thioether (sulfide) groups is 1. The molecule has 1 aromatic heterocycles. The van der Waals surface area contributed by atoms with Crippen molar-refractivity contribution >= 4 is 23.8 Å². The molecule has 1 aliphatic heterocycles. The minimum Gasteiger partial charge on any atom is -0.469 e. The quantitative estimate of drug-likeness (QED) is 0.520. The van der Waals surface area contributed by atoms with E-state index in [0.717, 1.165) is 44.1 Å². The van der Waals surface area contributed by atoms with Gasteiger partial charge in [-0.25, -0.2) is 4.79 Å². The molecule has 1 atom stereocenters. The van der Waals surface area contributed by atoms with Gasteiger partial charge in [0.05, 0.1) is 19.4 Å². The van der Waals surface area contributed by atoms with E-state index in [1.807, 2.05) is 30.8 Å². The van der Waals surface area contributed by atoms with Crippen LogP contribution < -0.4 is 10.6 Å². The Kier molecular flexibility index (Phi) is 9.38. The summed E-state index contributed by atoms with van der Waals surface area (Å²) in [4.78, 5) is 18.3. The van der Waals surface area contributed by atoms with Crippen LogP contribution in [0.5, 0.6) is 0 Å². The van der Waals surface area contributed by atoms with Crippen LogP contribution in [0, 0.1) is 0 Å². The molecule has 0 saturated carbocycles. The lowest BCUT2D eigenvalue weighted by molar-refractivity contribution is 0.0963. The predicted molar refractivity (Wildman–Crippen MR) is 110 cm³/mol. The van der Waals surface area contributed by atoms with Crippen molar-refractivity contribution in [1.29, 1.82) is 0 Å². The lowest BCUT2D eigenvalue weighted by Gasteiger charge is -2.32. The molecule has 1 amide bonds. The maximum absolute atomic E-state index is 11.8. The Morgan fingerprint density at radius 3 is 2.89 bits per heavy atom. The van der Waals surface area contributed by atoms with Gasteiger partial charge in [0.25, 0.3) is 0 Å². The Morgan fingerprint density at radius 2 is 2.26 bits per heavy atom. The maximum atomic E-state index is 11.8. The third kappa shape index (κ3) is 7.74. The third-order valence-corrected chi connectivity index (χ3v) is 5.47. The molecule has 0 spiro atoms. The Hall–Kier alpha value is -1.83. The minimum atomic E-state index is -0.213. The number of carbonyl (C=O) groups excluding carboxylic acids is 1. The Bertz CT molecular complexity index is 572. The molecule has 1 aliphatic rings. The van der Waals surface area contributed by atoms with Gasteiger partial charge >= 0.3 is 6.09 Å². The zero-order chi connectivity index (χ0) is 19.5. The normalized spacial score (nSPS) is 16.9. The van der Waals surface area contributed by atoms with E-state index in [1.165, 1.54) is 0 Å². The van der Waals surface area contributed by atoms with E-state index in [0.29, 0.717) is 31.0 Å². The fourth-order valence-electron chi connectivity index (χ4n) is 2.82. The lowest BCUT2D eigenvalue weighted by Crippen LogP contribution is -2.50. The number of guanidine groups is 1. The van der Waals surface area contributed by atoms with Gasteiger partial charge in [-0.15, -0.1) is 0 Å². The van der Waals surface area contributed by atoms with E-state index in [2.05, 4.69) is 23.8 Å². The molecule has 7 nitrogen and oxygen atoms in total. The summed E-state index contributed by atoms with van der Waals surface area (Å²) in [7, 11) is 0. The fraction of sp³-hybridized carbons (Fsp3) is 0.684. The number of furan rings is 1. The van der Waals surface area contributed by atoms with Gasteiger partial charge in [0, 0.05) is 37.3 Å². The number of carbonyl (C=O) groups is 1. The summed E-state index contributed by atoms with van der Waals surface area (Å²) in [5.74, 6) is 1.79. The molecule has 1 unspecified atom stereocenters. The number of amides is 1. The Balaban J connectivity index is 1.82. The minimum absolute atomic E-state index is 0.213. The number of ether oxygens (including phenoxy) is 1. The van der Waals surface area contributed by atoms with Crippen molar-refractivity contribution in [3.05, 3.63) is 24.2 Å². The molecule has 2 rings (SSSR count). The van der Waals surface area contributed by atoms with E-state index < -0.39 is 0 Å². The van der Waals surface area contributed by atoms with Crippen LogP contribution in [-0.2, 0) is 11.2 Å². The fourth-order valence-corrected chi connectivity index (χ4v) is 3.04. The van der Waals surface area contributed by atoms with Crippen LogP contribution in [0.15, 0.2) is 27.8 Å².